The Labute approximate surface area is 181 Å². The van der Waals surface area contributed by atoms with Gasteiger partial charge in [0, 0.05) is 17.0 Å². The number of carbonyl (C=O) groups excluding carboxylic acids is 1. The standard InChI is InChI=1S/C24H26N2O3S/c1-4-14-29-21-12-8-18(15-22(21)28-3)9-13-23(27)26-24-25-20(16-30-24)19-10-6-17(5-2)7-11-19/h6-13,15-16H,4-5,14H2,1-3H3,(H,25,26,27). The van der Waals surface area contributed by atoms with Gasteiger partial charge in [0.15, 0.2) is 16.6 Å². The highest BCUT2D eigenvalue weighted by atomic mass is 32.1. The quantitative estimate of drug-likeness (QED) is 0.441. The van der Waals surface area contributed by atoms with Crippen LogP contribution in [0.25, 0.3) is 17.3 Å². The second kappa shape index (κ2) is 10.6. The number of aromatic nitrogens is 1. The van der Waals surface area contributed by atoms with Crippen LogP contribution >= 0.6 is 11.3 Å². The number of nitrogens with zero attached hydrogens (tertiary/aromatic N) is 1. The summed E-state index contributed by atoms with van der Waals surface area (Å²) in [7, 11) is 1.60. The highest BCUT2D eigenvalue weighted by molar-refractivity contribution is 7.14. The van der Waals surface area contributed by atoms with E-state index < -0.39 is 0 Å². The SMILES string of the molecule is CCCOc1ccc(C=CC(=O)Nc2nc(-c3ccc(CC)cc3)cs2)cc1OC. The molecule has 3 rings (SSSR count). The Morgan fingerprint density at radius 3 is 2.63 bits per heavy atom. The third-order valence-corrected chi connectivity index (χ3v) is 5.23. The molecule has 0 unspecified atom stereocenters. The van der Waals surface area contributed by atoms with Crippen molar-refractivity contribution in [3.63, 3.8) is 0 Å². The summed E-state index contributed by atoms with van der Waals surface area (Å²) in [6.07, 6.45) is 5.15. The number of hydrogen-bond acceptors (Lipinski definition) is 5. The fourth-order valence-corrected chi connectivity index (χ4v) is 3.54. The van der Waals surface area contributed by atoms with Crippen LogP contribution in [0.3, 0.4) is 0 Å². The minimum atomic E-state index is -0.234. The Balaban J connectivity index is 1.62. The van der Waals surface area contributed by atoms with E-state index in [1.807, 2.05) is 23.6 Å². The third-order valence-electron chi connectivity index (χ3n) is 4.47. The normalized spacial score (nSPS) is 10.9. The summed E-state index contributed by atoms with van der Waals surface area (Å²) in [6, 6.07) is 13.9. The molecule has 0 aliphatic heterocycles. The molecule has 1 aromatic heterocycles. The molecule has 0 radical (unpaired) electrons. The average molecular weight is 423 g/mol. The van der Waals surface area contributed by atoms with Crippen molar-refractivity contribution in [1.82, 2.24) is 4.98 Å². The summed E-state index contributed by atoms with van der Waals surface area (Å²) in [5.41, 5.74) is 4.03. The third kappa shape index (κ3) is 5.70. The first-order valence-electron chi connectivity index (χ1n) is 9.97. The van der Waals surface area contributed by atoms with Gasteiger partial charge in [0.05, 0.1) is 19.4 Å². The van der Waals surface area contributed by atoms with Crippen LogP contribution in [0.4, 0.5) is 5.13 Å². The zero-order chi connectivity index (χ0) is 21.3. The number of nitrogens with one attached hydrogen (secondary N) is 1. The van der Waals surface area contributed by atoms with Crippen molar-refractivity contribution in [2.45, 2.75) is 26.7 Å². The van der Waals surface area contributed by atoms with Gasteiger partial charge in [0.25, 0.3) is 0 Å². The van der Waals surface area contributed by atoms with E-state index in [0.717, 1.165) is 29.7 Å². The van der Waals surface area contributed by atoms with Gasteiger partial charge in [-0.2, -0.15) is 0 Å². The summed E-state index contributed by atoms with van der Waals surface area (Å²) in [5, 5.41) is 5.33. The van der Waals surface area contributed by atoms with Gasteiger partial charge in [-0.25, -0.2) is 4.98 Å². The van der Waals surface area contributed by atoms with E-state index in [-0.39, 0.29) is 5.91 Å². The van der Waals surface area contributed by atoms with Crippen LogP contribution in [0, 0.1) is 0 Å². The molecule has 5 nitrogen and oxygen atoms in total. The van der Waals surface area contributed by atoms with Crippen molar-refractivity contribution in [2.24, 2.45) is 0 Å². The fraction of sp³-hybridized carbons (Fsp3) is 0.250. The Morgan fingerprint density at radius 1 is 1.13 bits per heavy atom. The van der Waals surface area contributed by atoms with Crippen LogP contribution in [0.1, 0.15) is 31.4 Å². The number of benzene rings is 2. The molecule has 3 aromatic rings. The zero-order valence-electron chi connectivity index (χ0n) is 17.5. The summed E-state index contributed by atoms with van der Waals surface area (Å²) in [4.78, 5) is 16.8. The van der Waals surface area contributed by atoms with Gasteiger partial charge in [-0.15, -0.1) is 11.3 Å². The maximum Gasteiger partial charge on any atom is 0.250 e. The number of anilines is 1. The topological polar surface area (TPSA) is 60.5 Å². The second-order valence-electron chi connectivity index (χ2n) is 6.67. The number of ether oxygens (including phenoxy) is 2. The van der Waals surface area contributed by atoms with E-state index in [2.05, 4.69) is 48.4 Å². The largest absolute Gasteiger partial charge is 0.493 e. The Morgan fingerprint density at radius 2 is 1.93 bits per heavy atom. The van der Waals surface area contributed by atoms with Crippen molar-refractivity contribution in [3.05, 3.63) is 65.0 Å². The zero-order valence-corrected chi connectivity index (χ0v) is 18.3. The van der Waals surface area contributed by atoms with E-state index in [4.69, 9.17) is 9.47 Å². The molecule has 0 saturated heterocycles. The number of methoxy groups -OCH3 is 1. The van der Waals surface area contributed by atoms with Gasteiger partial charge in [-0.1, -0.05) is 44.2 Å². The molecule has 6 heteroatoms. The molecular weight excluding hydrogens is 396 g/mol. The van der Waals surface area contributed by atoms with Gasteiger partial charge < -0.3 is 9.47 Å². The van der Waals surface area contributed by atoms with E-state index in [1.165, 1.54) is 23.0 Å². The van der Waals surface area contributed by atoms with Crippen molar-refractivity contribution < 1.29 is 14.3 Å². The maximum absolute atomic E-state index is 12.3. The molecule has 1 amide bonds. The average Bonchev–Trinajstić information content (AvgIpc) is 3.24. The number of rotatable bonds is 9. The van der Waals surface area contributed by atoms with E-state index in [0.29, 0.717) is 23.2 Å². The predicted octanol–water partition coefficient (Wildman–Crippen LogP) is 5.82. The highest BCUT2D eigenvalue weighted by Crippen LogP contribution is 2.29. The molecule has 0 fully saturated rings. The van der Waals surface area contributed by atoms with Crippen molar-refractivity contribution >= 4 is 28.5 Å². The summed E-state index contributed by atoms with van der Waals surface area (Å²) in [5.74, 6) is 1.11. The van der Waals surface area contributed by atoms with E-state index in [9.17, 15) is 4.79 Å². The van der Waals surface area contributed by atoms with Crippen LogP contribution in [0.15, 0.2) is 53.9 Å². The Bertz CT molecular complexity index is 1010. The number of hydrogen-bond donors (Lipinski definition) is 1. The van der Waals surface area contributed by atoms with Gasteiger partial charge in [0.2, 0.25) is 5.91 Å². The number of aryl methyl sites for hydroxylation is 1. The molecule has 156 valence electrons. The van der Waals surface area contributed by atoms with Gasteiger partial charge in [0.1, 0.15) is 0 Å². The highest BCUT2D eigenvalue weighted by Gasteiger charge is 2.08. The van der Waals surface area contributed by atoms with Crippen LogP contribution in [-0.2, 0) is 11.2 Å². The fourth-order valence-electron chi connectivity index (χ4n) is 2.81. The molecule has 0 spiro atoms. The van der Waals surface area contributed by atoms with Crippen molar-refractivity contribution in [2.75, 3.05) is 19.0 Å². The number of carbonyl (C=O) groups is 1. The van der Waals surface area contributed by atoms with Crippen molar-refractivity contribution in [3.8, 4) is 22.8 Å². The smallest absolute Gasteiger partial charge is 0.250 e. The monoisotopic (exact) mass is 422 g/mol. The first-order chi connectivity index (χ1) is 14.6. The molecule has 0 bridgehead atoms. The van der Waals surface area contributed by atoms with Crippen LogP contribution in [0.2, 0.25) is 0 Å². The maximum atomic E-state index is 12.3. The lowest BCUT2D eigenvalue weighted by atomic mass is 10.1. The first kappa shape index (κ1) is 21.6. The molecule has 1 N–H and O–H groups in total. The first-order valence-corrected chi connectivity index (χ1v) is 10.9. The van der Waals surface area contributed by atoms with Crippen LogP contribution in [-0.4, -0.2) is 24.6 Å². The molecule has 0 aliphatic rings. The number of thiazole rings is 1. The molecule has 1 heterocycles. The van der Waals surface area contributed by atoms with E-state index in [1.54, 1.807) is 13.2 Å². The van der Waals surface area contributed by atoms with Gasteiger partial charge >= 0.3 is 0 Å². The van der Waals surface area contributed by atoms with Gasteiger partial charge in [-0.05, 0) is 42.2 Å². The minimum absolute atomic E-state index is 0.234. The molecule has 0 aliphatic carbocycles. The lowest BCUT2D eigenvalue weighted by Gasteiger charge is -2.10. The van der Waals surface area contributed by atoms with Crippen molar-refractivity contribution in [1.29, 1.82) is 0 Å². The lowest BCUT2D eigenvalue weighted by molar-refractivity contribution is -0.111. The second-order valence-corrected chi connectivity index (χ2v) is 7.53. The molecule has 2 aromatic carbocycles. The Hall–Kier alpha value is -3.12. The summed E-state index contributed by atoms with van der Waals surface area (Å²) >= 11 is 1.41. The Kier molecular flexibility index (Phi) is 7.63. The predicted molar refractivity (Wildman–Crippen MR) is 123 cm³/mol. The number of amides is 1. The minimum Gasteiger partial charge on any atom is -0.493 e. The summed E-state index contributed by atoms with van der Waals surface area (Å²) in [6.45, 7) is 4.81. The van der Waals surface area contributed by atoms with Crippen LogP contribution in [0.5, 0.6) is 11.5 Å². The summed E-state index contributed by atoms with van der Waals surface area (Å²) < 4.78 is 11.0. The van der Waals surface area contributed by atoms with Gasteiger partial charge in [-0.3, -0.25) is 10.1 Å². The van der Waals surface area contributed by atoms with Crippen LogP contribution < -0.4 is 14.8 Å². The molecule has 30 heavy (non-hydrogen) atoms. The lowest BCUT2D eigenvalue weighted by Crippen LogP contribution is -2.07. The molecule has 0 saturated carbocycles. The van der Waals surface area contributed by atoms with E-state index >= 15 is 0 Å². The molecule has 0 atom stereocenters. The molecular formula is C24H26N2O3S.